The van der Waals surface area contributed by atoms with Crippen LogP contribution in [0, 0.1) is 11.3 Å². The Morgan fingerprint density at radius 2 is 2.16 bits per heavy atom. The topological polar surface area (TPSA) is 39.1 Å². The van der Waals surface area contributed by atoms with Gasteiger partial charge in [0.1, 0.15) is 0 Å². The predicted molar refractivity (Wildman–Crippen MR) is 77.4 cm³/mol. The average Bonchev–Trinajstić information content (AvgIpc) is 2.85. The van der Waals surface area contributed by atoms with Crippen molar-refractivity contribution < 1.29 is 0 Å². The Morgan fingerprint density at radius 1 is 1.26 bits per heavy atom. The predicted octanol–water partition coefficient (Wildman–Crippen LogP) is 3.25. The fourth-order valence-corrected chi connectivity index (χ4v) is 3.49. The van der Waals surface area contributed by atoms with E-state index in [0.29, 0.717) is 22.7 Å². The minimum absolute atomic E-state index is 0.465. The first-order valence-electron chi connectivity index (χ1n) is 6.98. The van der Waals surface area contributed by atoms with Crippen LogP contribution < -0.4 is 5.32 Å². The molecule has 1 aromatic rings. The van der Waals surface area contributed by atoms with Gasteiger partial charge in [0.15, 0.2) is 0 Å². The molecule has 0 aromatic heterocycles. The normalized spacial score (nSPS) is 26.7. The third-order valence-corrected chi connectivity index (χ3v) is 4.62. The summed E-state index contributed by atoms with van der Waals surface area (Å²) in [5, 5.41) is 13.2. The van der Waals surface area contributed by atoms with Crippen LogP contribution >= 0.6 is 11.6 Å². The summed E-state index contributed by atoms with van der Waals surface area (Å²) in [6.07, 6.45) is 5.09. The van der Waals surface area contributed by atoms with Gasteiger partial charge in [-0.2, -0.15) is 5.26 Å². The molecule has 0 radical (unpaired) electrons. The Bertz CT molecular complexity index is 509. The molecule has 0 aliphatic carbocycles. The van der Waals surface area contributed by atoms with Gasteiger partial charge in [0.05, 0.1) is 22.3 Å². The van der Waals surface area contributed by atoms with Crippen LogP contribution in [-0.2, 0) is 0 Å². The molecule has 4 heteroatoms. The highest BCUT2D eigenvalue weighted by Gasteiger charge is 2.35. The van der Waals surface area contributed by atoms with Gasteiger partial charge < -0.3 is 5.32 Å². The second kappa shape index (κ2) is 5.40. The standard InChI is InChI=1S/C15H18ClN3/c16-12-5-4-11(10-17)9-14(12)18-13-6-8-19-7-2-1-3-15(13)19/h4-5,9,13,15,18H,1-3,6-8H2. The second-order valence-electron chi connectivity index (χ2n) is 5.45. The molecule has 2 heterocycles. The summed E-state index contributed by atoms with van der Waals surface area (Å²) in [5.74, 6) is 0. The smallest absolute Gasteiger partial charge is 0.0992 e. The van der Waals surface area contributed by atoms with Gasteiger partial charge in [0, 0.05) is 18.6 Å². The first kappa shape index (κ1) is 12.8. The summed E-state index contributed by atoms with van der Waals surface area (Å²) < 4.78 is 0. The molecular formula is C15H18ClN3. The van der Waals surface area contributed by atoms with E-state index in [2.05, 4.69) is 16.3 Å². The number of hydrogen-bond donors (Lipinski definition) is 1. The van der Waals surface area contributed by atoms with Crippen molar-refractivity contribution in [1.82, 2.24) is 4.90 Å². The minimum atomic E-state index is 0.465. The summed E-state index contributed by atoms with van der Waals surface area (Å²) in [7, 11) is 0. The molecule has 0 saturated carbocycles. The van der Waals surface area contributed by atoms with Gasteiger partial charge in [-0.1, -0.05) is 18.0 Å². The van der Waals surface area contributed by atoms with Crippen molar-refractivity contribution in [2.75, 3.05) is 18.4 Å². The zero-order valence-electron chi connectivity index (χ0n) is 10.9. The van der Waals surface area contributed by atoms with Crippen molar-refractivity contribution >= 4 is 17.3 Å². The van der Waals surface area contributed by atoms with Crippen LogP contribution in [0.15, 0.2) is 18.2 Å². The highest BCUT2D eigenvalue weighted by molar-refractivity contribution is 6.33. The van der Waals surface area contributed by atoms with Crippen molar-refractivity contribution in [1.29, 1.82) is 5.26 Å². The third kappa shape index (κ3) is 2.56. The van der Waals surface area contributed by atoms with E-state index in [1.807, 2.05) is 6.07 Å². The monoisotopic (exact) mass is 275 g/mol. The molecule has 1 aromatic carbocycles. The number of rotatable bonds is 2. The first-order valence-corrected chi connectivity index (χ1v) is 7.36. The molecule has 3 nitrogen and oxygen atoms in total. The Morgan fingerprint density at radius 3 is 3.00 bits per heavy atom. The van der Waals surface area contributed by atoms with E-state index in [0.717, 1.165) is 12.1 Å². The van der Waals surface area contributed by atoms with Gasteiger partial charge >= 0.3 is 0 Å². The van der Waals surface area contributed by atoms with Gasteiger partial charge in [-0.25, -0.2) is 0 Å². The lowest BCUT2D eigenvalue weighted by atomic mass is 9.99. The lowest BCUT2D eigenvalue weighted by Gasteiger charge is -2.33. The summed E-state index contributed by atoms with van der Waals surface area (Å²) in [5.41, 5.74) is 1.56. The summed E-state index contributed by atoms with van der Waals surface area (Å²) in [4.78, 5) is 2.59. The molecule has 0 amide bonds. The van der Waals surface area contributed by atoms with E-state index in [1.165, 1.54) is 32.4 Å². The quantitative estimate of drug-likeness (QED) is 0.900. The van der Waals surface area contributed by atoms with Crippen LogP contribution in [0.25, 0.3) is 0 Å². The molecule has 19 heavy (non-hydrogen) atoms. The lowest BCUT2D eigenvalue weighted by molar-refractivity contribution is 0.193. The van der Waals surface area contributed by atoms with Crippen LogP contribution in [0.3, 0.4) is 0 Å². The van der Waals surface area contributed by atoms with Gasteiger partial charge in [-0.15, -0.1) is 0 Å². The van der Waals surface area contributed by atoms with E-state index in [1.54, 1.807) is 12.1 Å². The maximum Gasteiger partial charge on any atom is 0.0992 e. The van der Waals surface area contributed by atoms with Crippen LogP contribution in [0.5, 0.6) is 0 Å². The molecule has 2 aliphatic rings. The maximum absolute atomic E-state index is 8.97. The van der Waals surface area contributed by atoms with Crippen molar-refractivity contribution in [2.45, 2.75) is 37.8 Å². The third-order valence-electron chi connectivity index (χ3n) is 4.29. The number of nitrogens with zero attached hydrogens (tertiary/aromatic N) is 2. The van der Waals surface area contributed by atoms with Gasteiger partial charge in [-0.05, 0) is 44.0 Å². The van der Waals surface area contributed by atoms with Crippen molar-refractivity contribution in [2.24, 2.45) is 0 Å². The van der Waals surface area contributed by atoms with Gasteiger partial charge in [0.2, 0.25) is 0 Å². The number of halogens is 1. The van der Waals surface area contributed by atoms with Crippen molar-refractivity contribution in [3.05, 3.63) is 28.8 Å². The molecule has 0 bridgehead atoms. The number of hydrogen-bond acceptors (Lipinski definition) is 3. The minimum Gasteiger partial charge on any atom is -0.379 e. The number of fused-ring (bicyclic) bond motifs is 1. The number of anilines is 1. The van der Waals surface area contributed by atoms with E-state index in [9.17, 15) is 0 Å². The number of piperidine rings is 1. The Hall–Kier alpha value is -1.24. The zero-order valence-corrected chi connectivity index (χ0v) is 11.7. The van der Waals surface area contributed by atoms with Crippen LogP contribution in [-0.4, -0.2) is 30.1 Å². The second-order valence-corrected chi connectivity index (χ2v) is 5.85. The number of benzene rings is 1. The molecular weight excluding hydrogens is 258 g/mol. The molecule has 2 atom stereocenters. The fraction of sp³-hybridized carbons (Fsp3) is 0.533. The SMILES string of the molecule is N#Cc1ccc(Cl)c(NC2CCN3CCCCC23)c1. The first-order chi connectivity index (χ1) is 9.28. The Kier molecular flexibility index (Phi) is 3.63. The average molecular weight is 276 g/mol. The lowest BCUT2D eigenvalue weighted by Crippen LogP contribution is -2.41. The summed E-state index contributed by atoms with van der Waals surface area (Å²) in [6.45, 7) is 2.41. The zero-order chi connectivity index (χ0) is 13.2. The molecule has 2 fully saturated rings. The van der Waals surface area contributed by atoms with E-state index in [4.69, 9.17) is 16.9 Å². The van der Waals surface area contributed by atoms with E-state index >= 15 is 0 Å². The molecule has 100 valence electrons. The highest BCUT2D eigenvalue weighted by atomic mass is 35.5. The van der Waals surface area contributed by atoms with Crippen LogP contribution in [0.2, 0.25) is 5.02 Å². The summed E-state index contributed by atoms with van der Waals surface area (Å²) >= 11 is 6.22. The molecule has 1 N–H and O–H groups in total. The Balaban J connectivity index is 1.76. The summed E-state index contributed by atoms with van der Waals surface area (Å²) in [6, 6.07) is 8.68. The number of nitriles is 1. The largest absolute Gasteiger partial charge is 0.379 e. The van der Waals surface area contributed by atoms with Crippen LogP contribution in [0.1, 0.15) is 31.2 Å². The maximum atomic E-state index is 8.97. The van der Waals surface area contributed by atoms with Crippen molar-refractivity contribution in [3.63, 3.8) is 0 Å². The molecule has 0 spiro atoms. The number of nitrogens with one attached hydrogen (secondary N) is 1. The highest BCUT2D eigenvalue weighted by Crippen LogP contribution is 2.31. The molecule has 2 aliphatic heterocycles. The molecule has 2 saturated heterocycles. The Labute approximate surface area is 119 Å². The fourth-order valence-electron chi connectivity index (χ4n) is 3.32. The van der Waals surface area contributed by atoms with Crippen molar-refractivity contribution in [3.8, 4) is 6.07 Å². The molecule has 3 rings (SSSR count). The van der Waals surface area contributed by atoms with Crippen LogP contribution in [0.4, 0.5) is 5.69 Å². The molecule has 2 unspecified atom stereocenters. The van der Waals surface area contributed by atoms with Gasteiger partial charge in [0.25, 0.3) is 0 Å². The van der Waals surface area contributed by atoms with E-state index < -0.39 is 0 Å². The van der Waals surface area contributed by atoms with Gasteiger partial charge in [-0.3, -0.25) is 4.90 Å². The van der Waals surface area contributed by atoms with E-state index in [-0.39, 0.29) is 0 Å².